The molecule has 1 aromatic carbocycles. The van der Waals surface area contributed by atoms with Crippen LogP contribution in [0.15, 0.2) is 35.7 Å². The molecule has 0 saturated heterocycles. The van der Waals surface area contributed by atoms with E-state index < -0.39 is 0 Å². The zero-order valence-electron chi connectivity index (χ0n) is 13.4. The van der Waals surface area contributed by atoms with E-state index in [2.05, 4.69) is 5.32 Å². The number of carbonyl (C=O) groups excluding carboxylic acids is 2. The Morgan fingerprint density at radius 1 is 1.25 bits per heavy atom. The Morgan fingerprint density at radius 2 is 2.00 bits per heavy atom. The first-order valence-corrected chi connectivity index (χ1v) is 8.98. The molecule has 2 rings (SSSR count). The summed E-state index contributed by atoms with van der Waals surface area (Å²) in [5.74, 6) is -0.221. The van der Waals surface area contributed by atoms with Gasteiger partial charge in [-0.15, -0.1) is 11.3 Å². The minimum absolute atomic E-state index is 0.0618. The average Bonchev–Trinajstić information content (AvgIpc) is 3.04. The average molecular weight is 385 g/mol. The molecule has 0 fully saturated rings. The van der Waals surface area contributed by atoms with Gasteiger partial charge in [-0.05, 0) is 29.1 Å². The van der Waals surface area contributed by atoms with Crippen molar-refractivity contribution in [2.75, 3.05) is 7.05 Å². The van der Waals surface area contributed by atoms with Crippen LogP contribution in [0.3, 0.4) is 0 Å². The van der Waals surface area contributed by atoms with Crippen LogP contribution in [0.2, 0.25) is 10.0 Å². The van der Waals surface area contributed by atoms with Crippen molar-refractivity contribution in [3.05, 3.63) is 56.2 Å². The van der Waals surface area contributed by atoms with Gasteiger partial charge in [0.15, 0.2) is 0 Å². The van der Waals surface area contributed by atoms with E-state index in [1.54, 1.807) is 24.1 Å². The van der Waals surface area contributed by atoms with Crippen molar-refractivity contribution in [1.82, 2.24) is 10.2 Å². The van der Waals surface area contributed by atoms with Crippen molar-refractivity contribution in [3.8, 4) is 0 Å². The molecule has 4 nitrogen and oxygen atoms in total. The van der Waals surface area contributed by atoms with Crippen LogP contribution in [0.25, 0.3) is 0 Å². The number of halogens is 2. The summed E-state index contributed by atoms with van der Waals surface area (Å²) in [5.41, 5.74) is 0.896. The molecule has 24 heavy (non-hydrogen) atoms. The third kappa shape index (κ3) is 5.23. The van der Waals surface area contributed by atoms with E-state index in [1.807, 2.05) is 23.6 Å². The van der Waals surface area contributed by atoms with Crippen molar-refractivity contribution in [2.45, 2.75) is 25.9 Å². The normalized spacial score (nSPS) is 11.8. The fourth-order valence-corrected chi connectivity index (χ4v) is 3.39. The molecule has 0 unspecified atom stereocenters. The van der Waals surface area contributed by atoms with E-state index in [9.17, 15) is 9.59 Å². The van der Waals surface area contributed by atoms with Gasteiger partial charge >= 0.3 is 0 Å². The van der Waals surface area contributed by atoms with Gasteiger partial charge in [0, 0.05) is 25.4 Å². The predicted molar refractivity (Wildman–Crippen MR) is 98.4 cm³/mol. The Kier molecular flexibility index (Phi) is 6.66. The minimum Gasteiger partial charge on any atom is -0.348 e. The molecule has 2 amide bonds. The second kappa shape index (κ2) is 8.51. The Labute approximate surface area is 155 Å². The lowest BCUT2D eigenvalue weighted by molar-refractivity contribution is -0.131. The molecule has 1 aromatic heterocycles. The SMILES string of the molecule is CC(=O)N[C@@H](CC(=O)N(C)Cc1ccc(Cl)c(Cl)c1)c1cccs1. The van der Waals surface area contributed by atoms with Crippen LogP contribution < -0.4 is 5.32 Å². The fourth-order valence-electron chi connectivity index (χ4n) is 2.29. The number of thiophene rings is 1. The van der Waals surface area contributed by atoms with Gasteiger partial charge in [-0.25, -0.2) is 0 Å². The van der Waals surface area contributed by atoms with Gasteiger partial charge in [0.05, 0.1) is 22.5 Å². The van der Waals surface area contributed by atoms with E-state index in [-0.39, 0.29) is 24.3 Å². The van der Waals surface area contributed by atoms with Crippen molar-refractivity contribution >= 4 is 46.4 Å². The molecule has 0 saturated carbocycles. The molecule has 1 atom stereocenters. The van der Waals surface area contributed by atoms with E-state index >= 15 is 0 Å². The number of hydrogen-bond donors (Lipinski definition) is 1. The third-order valence-electron chi connectivity index (χ3n) is 3.47. The van der Waals surface area contributed by atoms with Crippen LogP contribution in [-0.2, 0) is 16.1 Å². The van der Waals surface area contributed by atoms with E-state index in [4.69, 9.17) is 23.2 Å². The standard InChI is InChI=1S/C17H18Cl2N2O2S/c1-11(22)20-15(16-4-3-7-24-16)9-17(23)21(2)10-12-5-6-13(18)14(19)8-12/h3-8,15H,9-10H2,1-2H3,(H,20,22)/t15-/m0/s1. The highest BCUT2D eigenvalue weighted by atomic mass is 35.5. The summed E-state index contributed by atoms with van der Waals surface area (Å²) in [6.07, 6.45) is 0.206. The molecule has 0 aliphatic rings. The number of carbonyl (C=O) groups is 2. The Morgan fingerprint density at radius 3 is 2.58 bits per heavy atom. The van der Waals surface area contributed by atoms with Gasteiger partial charge in [0.1, 0.15) is 0 Å². The summed E-state index contributed by atoms with van der Waals surface area (Å²) >= 11 is 13.4. The molecule has 0 spiro atoms. The molecule has 1 N–H and O–H groups in total. The van der Waals surface area contributed by atoms with Gasteiger partial charge < -0.3 is 10.2 Å². The highest BCUT2D eigenvalue weighted by Crippen LogP contribution is 2.25. The molecule has 7 heteroatoms. The van der Waals surface area contributed by atoms with Gasteiger partial charge in [-0.3, -0.25) is 9.59 Å². The zero-order valence-corrected chi connectivity index (χ0v) is 15.7. The Balaban J connectivity index is 2.03. The van der Waals surface area contributed by atoms with Gasteiger partial charge in [-0.2, -0.15) is 0 Å². The predicted octanol–water partition coefficient (Wildman–Crippen LogP) is 4.28. The van der Waals surface area contributed by atoms with Crippen molar-refractivity contribution < 1.29 is 9.59 Å². The second-order valence-corrected chi connectivity index (χ2v) is 7.26. The first-order chi connectivity index (χ1) is 11.4. The monoisotopic (exact) mass is 384 g/mol. The topological polar surface area (TPSA) is 49.4 Å². The first kappa shape index (κ1) is 18.8. The maximum atomic E-state index is 12.5. The first-order valence-electron chi connectivity index (χ1n) is 7.35. The van der Waals surface area contributed by atoms with E-state index in [1.165, 1.54) is 18.3 Å². The van der Waals surface area contributed by atoms with Crippen molar-refractivity contribution in [2.24, 2.45) is 0 Å². The van der Waals surface area contributed by atoms with Gasteiger partial charge in [0.2, 0.25) is 11.8 Å². The summed E-state index contributed by atoms with van der Waals surface area (Å²) in [7, 11) is 1.73. The highest BCUT2D eigenvalue weighted by Gasteiger charge is 2.20. The smallest absolute Gasteiger partial charge is 0.225 e. The van der Waals surface area contributed by atoms with E-state index in [0.29, 0.717) is 16.6 Å². The maximum Gasteiger partial charge on any atom is 0.225 e. The lowest BCUT2D eigenvalue weighted by atomic mass is 10.1. The summed E-state index contributed by atoms with van der Waals surface area (Å²) in [6, 6.07) is 8.80. The molecular formula is C17H18Cl2N2O2S. The zero-order chi connectivity index (χ0) is 17.7. The minimum atomic E-state index is -0.314. The van der Waals surface area contributed by atoms with Crippen molar-refractivity contribution in [3.63, 3.8) is 0 Å². The summed E-state index contributed by atoms with van der Waals surface area (Å²) in [5, 5.41) is 5.71. The number of amides is 2. The van der Waals surface area contributed by atoms with E-state index in [0.717, 1.165) is 10.4 Å². The molecule has 0 aliphatic heterocycles. The fraction of sp³-hybridized carbons (Fsp3) is 0.294. The molecule has 1 heterocycles. The third-order valence-corrected chi connectivity index (χ3v) is 5.20. The van der Waals surface area contributed by atoms with Crippen LogP contribution in [-0.4, -0.2) is 23.8 Å². The van der Waals surface area contributed by atoms with Crippen LogP contribution in [0.1, 0.15) is 29.8 Å². The lowest BCUT2D eigenvalue weighted by Gasteiger charge is -2.22. The molecule has 0 radical (unpaired) electrons. The van der Waals surface area contributed by atoms with Crippen molar-refractivity contribution in [1.29, 1.82) is 0 Å². The van der Waals surface area contributed by atoms with Gasteiger partial charge in [0.25, 0.3) is 0 Å². The van der Waals surface area contributed by atoms with Crippen LogP contribution in [0.4, 0.5) is 0 Å². The molecule has 128 valence electrons. The van der Waals surface area contributed by atoms with Crippen LogP contribution in [0, 0.1) is 0 Å². The maximum absolute atomic E-state index is 12.5. The molecule has 2 aromatic rings. The van der Waals surface area contributed by atoms with Crippen LogP contribution >= 0.6 is 34.5 Å². The molecular weight excluding hydrogens is 367 g/mol. The number of hydrogen-bond acceptors (Lipinski definition) is 3. The van der Waals surface area contributed by atoms with Gasteiger partial charge in [-0.1, -0.05) is 35.3 Å². The molecule has 0 bridgehead atoms. The number of nitrogens with one attached hydrogen (secondary N) is 1. The molecule has 0 aliphatic carbocycles. The number of nitrogens with zero attached hydrogens (tertiary/aromatic N) is 1. The number of benzene rings is 1. The quantitative estimate of drug-likeness (QED) is 0.807. The number of rotatable bonds is 6. The Bertz CT molecular complexity index is 719. The Hall–Kier alpha value is -1.56. The summed E-state index contributed by atoms with van der Waals surface area (Å²) in [6.45, 7) is 1.87. The second-order valence-electron chi connectivity index (χ2n) is 5.47. The largest absolute Gasteiger partial charge is 0.348 e. The van der Waals surface area contributed by atoms with Crippen LogP contribution in [0.5, 0.6) is 0 Å². The lowest BCUT2D eigenvalue weighted by Crippen LogP contribution is -2.33. The highest BCUT2D eigenvalue weighted by molar-refractivity contribution is 7.10. The summed E-state index contributed by atoms with van der Waals surface area (Å²) in [4.78, 5) is 26.5. The summed E-state index contributed by atoms with van der Waals surface area (Å²) < 4.78 is 0.